The van der Waals surface area contributed by atoms with Crippen LogP contribution in [-0.2, 0) is 18.1 Å². The average molecular weight is 513 g/mol. The van der Waals surface area contributed by atoms with Crippen LogP contribution in [0.25, 0.3) is 0 Å². The molecule has 1 aromatic heterocycles. The number of aryl methyl sites for hydroxylation is 1. The average Bonchev–Trinajstić information content (AvgIpc) is 2.78. The molecule has 0 aliphatic rings. The third-order valence-electron chi connectivity index (χ3n) is 5.30. The first-order valence-electron chi connectivity index (χ1n) is 12.9. The van der Waals surface area contributed by atoms with Crippen molar-refractivity contribution in [2.45, 2.75) is 91.5 Å². The van der Waals surface area contributed by atoms with Crippen LogP contribution >= 0.6 is 0 Å². The fourth-order valence-corrected chi connectivity index (χ4v) is 6.44. The van der Waals surface area contributed by atoms with Crippen molar-refractivity contribution in [1.29, 1.82) is 0 Å². The van der Waals surface area contributed by atoms with E-state index in [1.54, 1.807) is 6.92 Å². The molecule has 11 heteroatoms. The maximum atomic E-state index is 12.2. The highest BCUT2D eigenvalue weighted by Crippen LogP contribution is 2.20. The molecule has 1 rings (SSSR count). The van der Waals surface area contributed by atoms with Crippen LogP contribution in [-0.4, -0.2) is 57.0 Å². The lowest BCUT2D eigenvalue weighted by Crippen LogP contribution is -2.45. The number of H-pyrrole nitrogens is 1. The standard InChI is InChI=1S/C24H44N4O6Si/c1-5-32-35(33-6-2,34-7-3)18-14-12-16-21(29)15-11-9-8-10-13-17-25-24(31)28-23-26-20(4)19-22(30)27-23/h19H,5-18H2,1-4H3,(H3,25,26,27,28,30,31). The van der Waals surface area contributed by atoms with Crippen LogP contribution in [0, 0.1) is 6.92 Å². The molecule has 0 radical (unpaired) electrons. The molecule has 0 saturated carbocycles. The summed E-state index contributed by atoms with van der Waals surface area (Å²) in [5.41, 5.74) is 0.232. The zero-order valence-corrected chi connectivity index (χ0v) is 22.9. The molecule has 0 bridgehead atoms. The lowest BCUT2D eigenvalue weighted by Gasteiger charge is -2.28. The van der Waals surface area contributed by atoms with Crippen LogP contribution in [0.2, 0.25) is 6.04 Å². The lowest BCUT2D eigenvalue weighted by atomic mass is 10.1. The van der Waals surface area contributed by atoms with E-state index in [1.807, 2.05) is 20.8 Å². The first-order valence-corrected chi connectivity index (χ1v) is 14.8. The smallest absolute Gasteiger partial charge is 0.374 e. The lowest BCUT2D eigenvalue weighted by molar-refractivity contribution is -0.119. The molecule has 0 aromatic carbocycles. The minimum absolute atomic E-state index is 0.136. The second kappa shape index (κ2) is 18.2. The first kappa shape index (κ1) is 30.9. The van der Waals surface area contributed by atoms with Gasteiger partial charge < -0.3 is 18.6 Å². The summed E-state index contributed by atoms with van der Waals surface area (Å²) >= 11 is 0. The molecular formula is C24H44N4O6Si. The highest BCUT2D eigenvalue weighted by Gasteiger charge is 2.39. The number of nitrogens with zero attached hydrogens (tertiary/aromatic N) is 1. The van der Waals surface area contributed by atoms with Gasteiger partial charge in [0.25, 0.3) is 5.56 Å². The van der Waals surface area contributed by atoms with Gasteiger partial charge >= 0.3 is 14.8 Å². The van der Waals surface area contributed by atoms with E-state index in [1.165, 1.54) is 6.07 Å². The number of carbonyl (C=O) groups is 2. The van der Waals surface area contributed by atoms with E-state index < -0.39 is 14.8 Å². The summed E-state index contributed by atoms with van der Waals surface area (Å²) in [5, 5.41) is 5.27. The number of rotatable bonds is 20. The Morgan fingerprint density at radius 2 is 1.49 bits per heavy atom. The van der Waals surface area contributed by atoms with Gasteiger partial charge in [0, 0.05) is 57.0 Å². The van der Waals surface area contributed by atoms with Gasteiger partial charge in [-0.1, -0.05) is 19.3 Å². The predicted octanol–water partition coefficient (Wildman–Crippen LogP) is 4.33. The fraction of sp³-hybridized carbons (Fsp3) is 0.750. The molecule has 0 spiro atoms. The van der Waals surface area contributed by atoms with Gasteiger partial charge in [0.05, 0.1) is 0 Å². The van der Waals surface area contributed by atoms with Crippen molar-refractivity contribution in [3.8, 4) is 0 Å². The third kappa shape index (κ3) is 14.2. The Balaban J connectivity index is 2.07. The second-order valence-corrected chi connectivity index (χ2v) is 11.1. The van der Waals surface area contributed by atoms with Crippen LogP contribution in [0.5, 0.6) is 0 Å². The number of nitrogens with one attached hydrogen (secondary N) is 3. The molecule has 0 atom stereocenters. The first-order chi connectivity index (χ1) is 16.8. The predicted molar refractivity (Wildman–Crippen MR) is 139 cm³/mol. The van der Waals surface area contributed by atoms with E-state index in [9.17, 15) is 14.4 Å². The summed E-state index contributed by atoms with van der Waals surface area (Å²) in [6, 6.07) is 1.72. The molecule has 0 aliphatic heterocycles. The van der Waals surface area contributed by atoms with Crippen molar-refractivity contribution in [3.63, 3.8) is 0 Å². The van der Waals surface area contributed by atoms with Gasteiger partial charge in [0.1, 0.15) is 5.78 Å². The summed E-state index contributed by atoms with van der Waals surface area (Å²) in [5.74, 6) is 0.444. The van der Waals surface area contributed by atoms with Gasteiger partial charge in [-0.15, -0.1) is 0 Å². The number of Topliss-reactive ketones (excluding diaryl/α,β-unsaturated/α-hetero) is 1. The van der Waals surface area contributed by atoms with Crippen LogP contribution in [0.3, 0.4) is 0 Å². The number of amides is 2. The number of unbranched alkanes of at least 4 members (excludes halogenated alkanes) is 5. The van der Waals surface area contributed by atoms with Gasteiger partial charge in [-0.3, -0.25) is 19.9 Å². The molecule has 2 amide bonds. The zero-order chi connectivity index (χ0) is 25.9. The number of ketones is 1. The molecule has 0 unspecified atom stereocenters. The monoisotopic (exact) mass is 512 g/mol. The van der Waals surface area contributed by atoms with Crippen LogP contribution in [0.15, 0.2) is 10.9 Å². The maximum Gasteiger partial charge on any atom is 0.500 e. The Bertz CT molecular complexity index is 787. The van der Waals surface area contributed by atoms with E-state index in [2.05, 4.69) is 20.6 Å². The maximum absolute atomic E-state index is 12.2. The van der Waals surface area contributed by atoms with Crippen molar-refractivity contribution >= 4 is 26.6 Å². The number of hydrogen-bond acceptors (Lipinski definition) is 7. The molecule has 0 aliphatic carbocycles. The van der Waals surface area contributed by atoms with Crippen LogP contribution in [0.4, 0.5) is 10.7 Å². The topological polar surface area (TPSA) is 132 Å². The third-order valence-corrected chi connectivity index (χ3v) is 8.45. The second-order valence-electron chi connectivity index (χ2n) is 8.36. The Labute approximate surface area is 210 Å². The molecule has 3 N–H and O–H groups in total. The summed E-state index contributed by atoms with van der Waals surface area (Å²) in [6.07, 6.45) is 7.67. The summed E-state index contributed by atoms with van der Waals surface area (Å²) in [6.45, 7) is 9.79. The molecule has 200 valence electrons. The quantitative estimate of drug-likeness (QED) is 0.175. The zero-order valence-electron chi connectivity index (χ0n) is 21.9. The van der Waals surface area contributed by atoms with E-state index in [4.69, 9.17) is 13.3 Å². The molecule has 0 fully saturated rings. The highest BCUT2D eigenvalue weighted by atomic mass is 28.4. The Morgan fingerprint density at radius 3 is 2.09 bits per heavy atom. The molecule has 0 saturated heterocycles. The van der Waals surface area contributed by atoms with Crippen molar-refractivity contribution in [3.05, 3.63) is 22.1 Å². The highest BCUT2D eigenvalue weighted by molar-refractivity contribution is 6.60. The van der Waals surface area contributed by atoms with Crippen molar-refractivity contribution < 1.29 is 22.9 Å². The number of carbonyl (C=O) groups excluding carboxylic acids is 2. The molecule has 35 heavy (non-hydrogen) atoms. The minimum atomic E-state index is -2.61. The van der Waals surface area contributed by atoms with Gasteiger partial charge in [-0.2, -0.15) is 0 Å². The minimum Gasteiger partial charge on any atom is -0.374 e. The van der Waals surface area contributed by atoms with Crippen LogP contribution < -0.4 is 16.2 Å². The van der Waals surface area contributed by atoms with Gasteiger partial charge in [-0.25, -0.2) is 9.78 Å². The fourth-order valence-electron chi connectivity index (χ4n) is 3.76. The van der Waals surface area contributed by atoms with E-state index >= 15 is 0 Å². The Kier molecular flexibility index (Phi) is 16.1. The molecular weight excluding hydrogens is 468 g/mol. The number of hydrogen-bond donors (Lipinski definition) is 3. The SMILES string of the molecule is CCO[Si](CCCCC(=O)CCCCCCCNC(=O)Nc1nc(C)cc(=O)[nH]1)(OCC)OCC. The number of anilines is 1. The summed E-state index contributed by atoms with van der Waals surface area (Å²) < 4.78 is 17.6. The van der Waals surface area contributed by atoms with E-state index in [-0.39, 0.29) is 11.5 Å². The van der Waals surface area contributed by atoms with Crippen molar-refractivity contribution in [2.75, 3.05) is 31.7 Å². The van der Waals surface area contributed by atoms with Crippen molar-refractivity contribution in [2.24, 2.45) is 0 Å². The van der Waals surface area contributed by atoms with Crippen molar-refractivity contribution in [1.82, 2.24) is 15.3 Å². The molecule has 1 aromatic rings. The van der Waals surface area contributed by atoms with Gasteiger partial charge in [-0.05, 0) is 53.4 Å². The molecule has 1 heterocycles. The van der Waals surface area contributed by atoms with Gasteiger partial charge in [0.2, 0.25) is 5.95 Å². The summed E-state index contributed by atoms with van der Waals surface area (Å²) in [4.78, 5) is 42.0. The van der Waals surface area contributed by atoms with E-state index in [0.29, 0.717) is 50.7 Å². The van der Waals surface area contributed by atoms with Gasteiger partial charge in [0.15, 0.2) is 0 Å². The normalized spacial score (nSPS) is 11.4. The molecule has 10 nitrogen and oxygen atoms in total. The Morgan fingerprint density at radius 1 is 0.914 bits per heavy atom. The largest absolute Gasteiger partial charge is 0.500 e. The van der Waals surface area contributed by atoms with Crippen LogP contribution in [0.1, 0.15) is 84.3 Å². The Hall–Kier alpha value is -2.08. The number of aromatic nitrogens is 2. The number of aromatic amines is 1. The summed E-state index contributed by atoms with van der Waals surface area (Å²) in [7, 11) is -2.61. The van der Waals surface area contributed by atoms with E-state index in [0.717, 1.165) is 51.0 Å². The number of urea groups is 1.